The zero-order chi connectivity index (χ0) is 15.9. The lowest BCUT2D eigenvalue weighted by atomic mass is 10.1. The Morgan fingerprint density at radius 3 is 2.36 bits per heavy atom. The number of aldehydes is 1. The molecule has 0 aliphatic rings. The number of halogens is 1. The maximum absolute atomic E-state index is 11.2. The van der Waals surface area contributed by atoms with E-state index in [1.807, 2.05) is 42.5 Å². The quantitative estimate of drug-likeness (QED) is 0.670. The summed E-state index contributed by atoms with van der Waals surface area (Å²) >= 11 is 3.41. The van der Waals surface area contributed by atoms with E-state index in [1.54, 1.807) is 0 Å². The standard InChI is InChI=1S/C18H20BrNO2/c1-3-20(4-2)17-10-7-15(12-21)18(11-17)22-13-14-5-8-16(19)9-6-14/h5-12H,3-4,13H2,1-2H3. The summed E-state index contributed by atoms with van der Waals surface area (Å²) in [6.07, 6.45) is 0.836. The van der Waals surface area contributed by atoms with Crippen molar-refractivity contribution < 1.29 is 9.53 Å². The Hall–Kier alpha value is -1.81. The topological polar surface area (TPSA) is 29.5 Å². The molecule has 0 atom stereocenters. The van der Waals surface area contributed by atoms with Crippen molar-refractivity contribution in [3.05, 3.63) is 58.1 Å². The first-order valence-electron chi connectivity index (χ1n) is 7.39. The molecule has 0 saturated carbocycles. The number of anilines is 1. The van der Waals surface area contributed by atoms with Gasteiger partial charge in [-0.1, -0.05) is 28.1 Å². The first-order valence-corrected chi connectivity index (χ1v) is 8.18. The molecule has 0 fully saturated rings. The van der Waals surface area contributed by atoms with Crippen molar-refractivity contribution in [1.29, 1.82) is 0 Å². The molecule has 2 aromatic carbocycles. The molecule has 0 heterocycles. The molecule has 0 saturated heterocycles. The Morgan fingerprint density at radius 1 is 1.09 bits per heavy atom. The van der Waals surface area contributed by atoms with Crippen molar-refractivity contribution in [2.24, 2.45) is 0 Å². The summed E-state index contributed by atoms with van der Waals surface area (Å²) in [4.78, 5) is 13.4. The summed E-state index contributed by atoms with van der Waals surface area (Å²) in [6.45, 7) is 6.50. The summed E-state index contributed by atoms with van der Waals surface area (Å²) < 4.78 is 6.90. The van der Waals surface area contributed by atoms with Gasteiger partial charge in [-0.15, -0.1) is 0 Å². The third-order valence-corrected chi connectivity index (χ3v) is 4.09. The van der Waals surface area contributed by atoms with Gasteiger partial charge in [0.05, 0.1) is 5.56 Å². The van der Waals surface area contributed by atoms with Gasteiger partial charge in [-0.2, -0.15) is 0 Å². The summed E-state index contributed by atoms with van der Waals surface area (Å²) in [5.74, 6) is 0.627. The maximum atomic E-state index is 11.2. The second-order valence-corrected chi connectivity index (χ2v) is 5.84. The predicted octanol–water partition coefficient (Wildman–Crippen LogP) is 4.69. The largest absolute Gasteiger partial charge is 0.488 e. The Balaban J connectivity index is 2.18. The minimum atomic E-state index is 0.440. The second-order valence-electron chi connectivity index (χ2n) is 4.93. The van der Waals surface area contributed by atoms with E-state index in [1.165, 1.54) is 0 Å². The van der Waals surface area contributed by atoms with Crippen LogP contribution in [-0.2, 0) is 6.61 Å². The highest BCUT2D eigenvalue weighted by atomic mass is 79.9. The van der Waals surface area contributed by atoms with Crippen LogP contribution in [0.4, 0.5) is 5.69 Å². The molecule has 0 N–H and O–H groups in total. The zero-order valence-electron chi connectivity index (χ0n) is 12.9. The molecular weight excluding hydrogens is 342 g/mol. The lowest BCUT2D eigenvalue weighted by Gasteiger charge is -2.22. The highest BCUT2D eigenvalue weighted by molar-refractivity contribution is 9.10. The fourth-order valence-corrected chi connectivity index (χ4v) is 2.54. The SMILES string of the molecule is CCN(CC)c1ccc(C=O)c(OCc2ccc(Br)cc2)c1. The lowest BCUT2D eigenvalue weighted by molar-refractivity contribution is 0.111. The number of ether oxygens (including phenoxy) is 1. The minimum Gasteiger partial charge on any atom is -0.488 e. The van der Waals surface area contributed by atoms with Crippen molar-refractivity contribution in [2.75, 3.05) is 18.0 Å². The predicted molar refractivity (Wildman–Crippen MR) is 93.9 cm³/mol. The molecule has 0 aliphatic carbocycles. The van der Waals surface area contributed by atoms with Gasteiger partial charge < -0.3 is 9.64 Å². The fourth-order valence-electron chi connectivity index (χ4n) is 2.27. The van der Waals surface area contributed by atoms with E-state index in [4.69, 9.17) is 4.74 Å². The lowest BCUT2D eigenvalue weighted by Crippen LogP contribution is -2.21. The summed E-state index contributed by atoms with van der Waals surface area (Å²) in [7, 11) is 0. The molecule has 2 rings (SSSR count). The van der Waals surface area contributed by atoms with E-state index in [9.17, 15) is 4.79 Å². The third-order valence-electron chi connectivity index (χ3n) is 3.56. The highest BCUT2D eigenvalue weighted by Crippen LogP contribution is 2.26. The molecule has 0 bridgehead atoms. The van der Waals surface area contributed by atoms with Crippen LogP contribution in [0, 0.1) is 0 Å². The monoisotopic (exact) mass is 361 g/mol. The first kappa shape index (κ1) is 16.6. The number of hydrogen-bond acceptors (Lipinski definition) is 3. The summed E-state index contributed by atoms with van der Waals surface area (Å²) in [6, 6.07) is 13.7. The van der Waals surface area contributed by atoms with E-state index in [0.717, 1.165) is 35.1 Å². The Bertz CT molecular complexity index is 621. The number of hydrogen-bond donors (Lipinski definition) is 0. The Morgan fingerprint density at radius 2 is 1.77 bits per heavy atom. The van der Waals surface area contributed by atoms with E-state index < -0.39 is 0 Å². The van der Waals surface area contributed by atoms with Crippen molar-refractivity contribution in [3.63, 3.8) is 0 Å². The van der Waals surface area contributed by atoms with Crippen LogP contribution in [0.15, 0.2) is 46.9 Å². The van der Waals surface area contributed by atoms with Crippen molar-refractivity contribution >= 4 is 27.9 Å². The van der Waals surface area contributed by atoms with E-state index in [0.29, 0.717) is 17.9 Å². The van der Waals surface area contributed by atoms with Gasteiger partial charge in [0, 0.05) is 29.3 Å². The fraction of sp³-hybridized carbons (Fsp3) is 0.278. The number of carbonyl (C=O) groups excluding carboxylic acids is 1. The van der Waals surface area contributed by atoms with Gasteiger partial charge in [0.15, 0.2) is 6.29 Å². The molecular formula is C18H20BrNO2. The minimum absolute atomic E-state index is 0.440. The van der Waals surface area contributed by atoms with Crippen LogP contribution < -0.4 is 9.64 Å². The second kappa shape index (κ2) is 7.99. The van der Waals surface area contributed by atoms with Gasteiger partial charge in [-0.05, 0) is 43.7 Å². The molecule has 0 aromatic heterocycles. The van der Waals surface area contributed by atoms with Gasteiger partial charge in [0.1, 0.15) is 12.4 Å². The number of rotatable bonds is 7. The van der Waals surface area contributed by atoms with Gasteiger partial charge in [-0.3, -0.25) is 4.79 Å². The van der Waals surface area contributed by atoms with Crippen molar-refractivity contribution in [1.82, 2.24) is 0 Å². The zero-order valence-corrected chi connectivity index (χ0v) is 14.5. The molecule has 0 spiro atoms. The molecule has 2 aromatic rings. The smallest absolute Gasteiger partial charge is 0.153 e. The van der Waals surface area contributed by atoms with Crippen LogP contribution in [0.2, 0.25) is 0 Å². The molecule has 0 unspecified atom stereocenters. The van der Waals surface area contributed by atoms with Gasteiger partial charge >= 0.3 is 0 Å². The highest BCUT2D eigenvalue weighted by Gasteiger charge is 2.08. The average molecular weight is 362 g/mol. The van der Waals surface area contributed by atoms with Crippen LogP contribution in [0.1, 0.15) is 29.8 Å². The Labute approximate surface area is 140 Å². The van der Waals surface area contributed by atoms with Crippen LogP contribution in [0.3, 0.4) is 0 Å². The van der Waals surface area contributed by atoms with Crippen LogP contribution >= 0.6 is 15.9 Å². The normalized spacial score (nSPS) is 10.3. The molecule has 0 aliphatic heterocycles. The molecule has 116 valence electrons. The van der Waals surface area contributed by atoms with Crippen LogP contribution in [0.25, 0.3) is 0 Å². The van der Waals surface area contributed by atoms with Gasteiger partial charge in [0.2, 0.25) is 0 Å². The molecule has 3 nitrogen and oxygen atoms in total. The van der Waals surface area contributed by atoms with Gasteiger partial charge in [-0.25, -0.2) is 0 Å². The maximum Gasteiger partial charge on any atom is 0.153 e. The van der Waals surface area contributed by atoms with E-state index >= 15 is 0 Å². The number of nitrogens with zero attached hydrogens (tertiary/aromatic N) is 1. The van der Waals surface area contributed by atoms with Crippen molar-refractivity contribution in [3.8, 4) is 5.75 Å². The summed E-state index contributed by atoms with van der Waals surface area (Å²) in [5, 5.41) is 0. The van der Waals surface area contributed by atoms with Crippen LogP contribution in [0.5, 0.6) is 5.75 Å². The molecule has 22 heavy (non-hydrogen) atoms. The number of carbonyl (C=O) groups is 1. The van der Waals surface area contributed by atoms with Crippen LogP contribution in [-0.4, -0.2) is 19.4 Å². The number of benzene rings is 2. The molecule has 0 radical (unpaired) electrons. The van der Waals surface area contributed by atoms with E-state index in [2.05, 4.69) is 34.7 Å². The summed E-state index contributed by atoms with van der Waals surface area (Å²) in [5.41, 5.74) is 2.71. The molecule has 4 heteroatoms. The third kappa shape index (κ3) is 4.10. The first-order chi connectivity index (χ1) is 10.7. The van der Waals surface area contributed by atoms with Gasteiger partial charge in [0.25, 0.3) is 0 Å². The molecule has 0 amide bonds. The van der Waals surface area contributed by atoms with E-state index in [-0.39, 0.29) is 0 Å². The van der Waals surface area contributed by atoms with Crippen molar-refractivity contribution in [2.45, 2.75) is 20.5 Å². The average Bonchev–Trinajstić information content (AvgIpc) is 2.55. The Kier molecular flexibility index (Phi) is 6.01.